The van der Waals surface area contributed by atoms with Crippen LogP contribution in [0.4, 0.5) is 5.13 Å². The van der Waals surface area contributed by atoms with Gasteiger partial charge in [-0.15, -0.1) is 10.2 Å². The lowest BCUT2D eigenvalue weighted by Crippen LogP contribution is -2.33. The zero-order valence-electron chi connectivity index (χ0n) is 15.6. The lowest BCUT2D eigenvalue weighted by atomic mass is 9.92. The van der Waals surface area contributed by atoms with Gasteiger partial charge in [-0.2, -0.15) is 5.10 Å². The van der Waals surface area contributed by atoms with Crippen LogP contribution in [0.3, 0.4) is 0 Å². The fraction of sp³-hybridized carbons (Fsp3) is 0.286. The molecule has 4 aromatic rings. The van der Waals surface area contributed by atoms with Crippen LogP contribution in [0.2, 0.25) is 0 Å². The summed E-state index contributed by atoms with van der Waals surface area (Å²) in [7, 11) is 0. The Balaban J connectivity index is 1.29. The molecule has 3 N–H and O–H groups in total. The van der Waals surface area contributed by atoms with Gasteiger partial charge in [0.05, 0.1) is 5.52 Å². The van der Waals surface area contributed by atoms with Gasteiger partial charge in [0.25, 0.3) is 0 Å². The molecule has 7 heteroatoms. The number of H-pyrrole nitrogens is 1. The molecule has 28 heavy (non-hydrogen) atoms. The van der Waals surface area contributed by atoms with Crippen LogP contribution in [0.5, 0.6) is 0 Å². The molecule has 5 rings (SSSR count). The molecule has 0 radical (unpaired) electrons. The summed E-state index contributed by atoms with van der Waals surface area (Å²) in [4.78, 5) is 0. The van der Waals surface area contributed by atoms with Gasteiger partial charge in [0.15, 0.2) is 0 Å². The molecule has 2 atom stereocenters. The minimum Gasteiger partial charge on any atom is -0.358 e. The molecule has 0 bridgehead atoms. The van der Waals surface area contributed by atoms with Crippen molar-refractivity contribution in [3.63, 3.8) is 0 Å². The SMILES string of the molecule is Cc1[nH]nc2ccc(-c3nnc(NC[C@H]4NCC[C@@H]4c4ccccc4)s3)cc12. The third kappa shape index (κ3) is 3.27. The zero-order chi connectivity index (χ0) is 18.9. The van der Waals surface area contributed by atoms with Gasteiger partial charge >= 0.3 is 0 Å². The fourth-order valence-electron chi connectivity index (χ4n) is 3.96. The third-order valence-electron chi connectivity index (χ3n) is 5.47. The van der Waals surface area contributed by atoms with Crippen LogP contribution >= 0.6 is 11.3 Å². The van der Waals surface area contributed by atoms with Crippen LogP contribution in [-0.4, -0.2) is 39.5 Å². The van der Waals surface area contributed by atoms with Gasteiger partial charge in [-0.25, -0.2) is 0 Å². The number of nitrogens with zero attached hydrogens (tertiary/aromatic N) is 3. The van der Waals surface area contributed by atoms with E-state index < -0.39 is 0 Å². The number of fused-ring (bicyclic) bond motifs is 1. The van der Waals surface area contributed by atoms with E-state index in [0.717, 1.165) is 45.4 Å². The summed E-state index contributed by atoms with van der Waals surface area (Å²) in [5.74, 6) is 0.535. The predicted molar refractivity (Wildman–Crippen MR) is 114 cm³/mol. The highest BCUT2D eigenvalue weighted by Crippen LogP contribution is 2.31. The number of anilines is 1. The molecule has 6 nitrogen and oxygen atoms in total. The van der Waals surface area contributed by atoms with Crippen LogP contribution in [-0.2, 0) is 0 Å². The maximum absolute atomic E-state index is 4.38. The van der Waals surface area contributed by atoms with Crippen molar-refractivity contribution in [2.75, 3.05) is 18.4 Å². The molecule has 3 heterocycles. The zero-order valence-corrected chi connectivity index (χ0v) is 16.5. The standard InChI is InChI=1S/C21H22N6S/c1-13-17-11-15(7-8-18(17)25-24-13)20-26-27-21(28-20)23-12-19-16(9-10-22-19)14-5-3-2-4-6-14/h2-8,11,16,19,22H,9-10,12H2,1H3,(H,23,27)(H,24,25)/t16-,19-/m1/s1. The number of benzene rings is 2. The molecular formula is C21H22N6S. The molecule has 0 amide bonds. The van der Waals surface area contributed by atoms with Crippen molar-refractivity contribution in [3.05, 3.63) is 59.8 Å². The average molecular weight is 391 g/mol. The number of hydrogen-bond donors (Lipinski definition) is 3. The maximum atomic E-state index is 4.38. The van der Waals surface area contributed by atoms with Gasteiger partial charge in [-0.1, -0.05) is 41.7 Å². The molecule has 1 aliphatic rings. The van der Waals surface area contributed by atoms with Gasteiger partial charge in [0, 0.05) is 35.1 Å². The van der Waals surface area contributed by atoms with Crippen molar-refractivity contribution in [3.8, 4) is 10.6 Å². The summed E-state index contributed by atoms with van der Waals surface area (Å²) >= 11 is 1.59. The summed E-state index contributed by atoms with van der Waals surface area (Å²) in [5.41, 5.74) is 4.52. The molecule has 0 aliphatic carbocycles. The molecule has 142 valence electrons. The molecule has 2 aromatic heterocycles. The van der Waals surface area contributed by atoms with Crippen molar-refractivity contribution in [2.24, 2.45) is 0 Å². The fourth-order valence-corrected chi connectivity index (χ4v) is 4.71. The Hall–Kier alpha value is -2.77. The molecule has 0 unspecified atom stereocenters. The molecule has 1 aliphatic heterocycles. The largest absolute Gasteiger partial charge is 0.358 e. The molecule has 0 spiro atoms. The maximum Gasteiger partial charge on any atom is 0.206 e. The molecule has 0 saturated carbocycles. The minimum atomic E-state index is 0.402. The van der Waals surface area contributed by atoms with E-state index in [-0.39, 0.29) is 0 Å². The summed E-state index contributed by atoms with van der Waals surface area (Å²) in [6.45, 7) is 3.93. The van der Waals surface area contributed by atoms with Crippen LogP contribution in [0.1, 0.15) is 23.6 Å². The Bertz CT molecular complexity index is 1090. The normalized spacial score (nSPS) is 19.3. The smallest absolute Gasteiger partial charge is 0.206 e. The summed E-state index contributed by atoms with van der Waals surface area (Å²) < 4.78 is 0. The second-order valence-corrected chi connectivity index (χ2v) is 8.22. The van der Waals surface area contributed by atoms with Crippen LogP contribution in [0.25, 0.3) is 21.5 Å². The van der Waals surface area contributed by atoms with E-state index in [1.807, 2.05) is 13.0 Å². The van der Waals surface area contributed by atoms with Gasteiger partial charge in [0.2, 0.25) is 5.13 Å². The topological polar surface area (TPSA) is 78.5 Å². The first-order chi connectivity index (χ1) is 13.8. The quantitative estimate of drug-likeness (QED) is 0.481. The molecular weight excluding hydrogens is 368 g/mol. The summed E-state index contributed by atoms with van der Waals surface area (Å²) in [5, 5.41) is 26.1. The van der Waals surface area contributed by atoms with Crippen LogP contribution in [0.15, 0.2) is 48.5 Å². The van der Waals surface area contributed by atoms with E-state index in [9.17, 15) is 0 Å². The second-order valence-electron chi connectivity index (χ2n) is 7.24. The average Bonchev–Trinajstić information content (AvgIpc) is 3.47. The minimum absolute atomic E-state index is 0.402. The van der Waals surface area contributed by atoms with Gasteiger partial charge < -0.3 is 10.6 Å². The van der Waals surface area contributed by atoms with Crippen molar-refractivity contribution in [2.45, 2.75) is 25.3 Å². The number of hydrogen-bond acceptors (Lipinski definition) is 6. The van der Waals surface area contributed by atoms with E-state index in [1.165, 1.54) is 12.0 Å². The van der Waals surface area contributed by atoms with E-state index in [0.29, 0.717) is 12.0 Å². The Morgan fingerprint density at radius 1 is 1.14 bits per heavy atom. The summed E-state index contributed by atoms with van der Waals surface area (Å²) in [6.07, 6.45) is 1.17. The lowest BCUT2D eigenvalue weighted by molar-refractivity contribution is 0.570. The van der Waals surface area contributed by atoms with E-state index in [1.54, 1.807) is 11.3 Å². The second kappa shape index (κ2) is 7.33. The number of aromatic nitrogens is 4. The summed E-state index contributed by atoms with van der Waals surface area (Å²) in [6, 6.07) is 17.4. The van der Waals surface area contributed by atoms with E-state index in [2.05, 4.69) is 73.5 Å². The van der Waals surface area contributed by atoms with Gasteiger partial charge in [-0.05, 0) is 43.7 Å². The van der Waals surface area contributed by atoms with Gasteiger partial charge in [-0.3, -0.25) is 5.10 Å². The monoisotopic (exact) mass is 390 g/mol. The van der Waals surface area contributed by atoms with E-state index in [4.69, 9.17) is 0 Å². The first-order valence-corrected chi connectivity index (χ1v) is 10.4. The predicted octanol–water partition coefficient (Wildman–Crippen LogP) is 3.95. The number of aromatic amines is 1. The van der Waals surface area contributed by atoms with Crippen molar-refractivity contribution < 1.29 is 0 Å². The highest BCUT2D eigenvalue weighted by Gasteiger charge is 2.28. The Kier molecular flexibility index (Phi) is 4.54. The number of nitrogens with one attached hydrogen (secondary N) is 3. The molecule has 1 saturated heterocycles. The highest BCUT2D eigenvalue weighted by atomic mass is 32.1. The lowest BCUT2D eigenvalue weighted by Gasteiger charge is -2.20. The van der Waals surface area contributed by atoms with E-state index >= 15 is 0 Å². The van der Waals surface area contributed by atoms with Crippen LogP contribution in [0, 0.1) is 6.92 Å². The van der Waals surface area contributed by atoms with Crippen LogP contribution < -0.4 is 10.6 Å². The molecule has 2 aromatic carbocycles. The Labute approximate surface area is 167 Å². The number of rotatable bonds is 5. The first kappa shape index (κ1) is 17.3. The Morgan fingerprint density at radius 3 is 2.93 bits per heavy atom. The van der Waals surface area contributed by atoms with Crippen molar-refractivity contribution >= 4 is 27.4 Å². The number of aryl methyl sites for hydroxylation is 1. The Morgan fingerprint density at radius 2 is 2.04 bits per heavy atom. The van der Waals surface area contributed by atoms with Crippen molar-refractivity contribution in [1.82, 2.24) is 25.7 Å². The highest BCUT2D eigenvalue weighted by molar-refractivity contribution is 7.18. The first-order valence-electron chi connectivity index (χ1n) is 9.59. The third-order valence-corrected chi connectivity index (χ3v) is 6.40. The van der Waals surface area contributed by atoms with Crippen molar-refractivity contribution in [1.29, 1.82) is 0 Å². The van der Waals surface area contributed by atoms with Gasteiger partial charge in [0.1, 0.15) is 5.01 Å². The molecule has 1 fully saturated rings.